The number of sulfonamides is 1. The summed E-state index contributed by atoms with van der Waals surface area (Å²) in [6.45, 7) is 0.972. The molecule has 0 bridgehead atoms. The minimum atomic E-state index is -3.62. The Morgan fingerprint density at radius 1 is 1.03 bits per heavy atom. The summed E-state index contributed by atoms with van der Waals surface area (Å²) in [4.78, 5) is 32.1. The average molecular weight is 442 g/mol. The van der Waals surface area contributed by atoms with E-state index < -0.39 is 15.9 Å². The number of hydrogen-bond acceptors (Lipinski definition) is 5. The van der Waals surface area contributed by atoms with Gasteiger partial charge in [0.25, 0.3) is 5.91 Å². The standard InChI is InChI=1S/C21H23N5O4S/c27-20(11-10-19-22-17-8-1-2-9-18(17)23-19)24-25-21(28)15-6-5-7-16(14-15)31(29,30)26-12-3-4-13-26/h1-2,5-9,14H,3-4,10-13H2,(H,22,23)(H,24,27)(H,25,28). The van der Waals surface area contributed by atoms with Crippen LogP contribution < -0.4 is 10.9 Å². The topological polar surface area (TPSA) is 124 Å². The van der Waals surface area contributed by atoms with Gasteiger partial charge in [0, 0.05) is 31.5 Å². The normalized spacial score (nSPS) is 14.6. The van der Waals surface area contributed by atoms with Crippen LogP contribution >= 0.6 is 0 Å². The number of para-hydroxylation sites is 2. The first kappa shape index (κ1) is 21.0. The molecule has 3 N–H and O–H groups in total. The molecule has 0 spiro atoms. The Morgan fingerprint density at radius 3 is 2.58 bits per heavy atom. The highest BCUT2D eigenvalue weighted by atomic mass is 32.2. The van der Waals surface area contributed by atoms with Gasteiger partial charge < -0.3 is 4.98 Å². The Hall–Kier alpha value is -3.24. The number of aryl methyl sites for hydroxylation is 1. The van der Waals surface area contributed by atoms with Gasteiger partial charge in [-0.15, -0.1) is 0 Å². The fourth-order valence-electron chi connectivity index (χ4n) is 3.49. The molecule has 1 aliphatic rings. The molecule has 2 amide bonds. The molecule has 0 radical (unpaired) electrons. The van der Waals surface area contributed by atoms with E-state index in [1.807, 2.05) is 24.3 Å². The van der Waals surface area contributed by atoms with Crippen LogP contribution in [0.25, 0.3) is 11.0 Å². The van der Waals surface area contributed by atoms with E-state index >= 15 is 0 Å². The lowest BCUT2D eigenvalue weighted by Crippen LogP contribution is -2.41. The molecule has 1 fully saturated rings. The molecule has 10 heteroatoms. The highest BCUT2D eigenvalue weighted by Crippen LogP contribution is 2.21. The van der Waals surface area contributed by atoms with Gasteiger partial charge in [-0.05, 0) is 43.2 Å². The summed E-state index contributed by atoms with van der Waals surface area (Å²) >= 11 is 0. The minimum Gasteiger partial charge on any atom is -0.342 e. The van der Waals surface area contributed by atoms with Crippen molar-refractivity contribution >= 4 is 32.9 Å². The van der Waals surface area contributed by atoms with Crippen LogP contribution in [0.5, 0.6) is 0 Å². The molecule has 3 aromatic rings. The van der Waals surface area contributed by atoms with Crippen molar-refractivity contribution in [3.8, 4) is 0 Å². The first-order chi connectivity index (χ1) is 14.9. The number of nitrogens with zero attached hydrogens (tertiary/aromatic N) is 2. The third kappa shape index (κ3) is 4.75. The van der Waals surface area contributed by atoms with Crippen LogP contribution in [0.1, 0.15) is 35.4 Å². The number of aromatic nitrogens is 2. The second-order valence-corrected chi connectivity index (χ2v) is 9.28. The lowest BCUT2D eigenvalue weighted by Gasteiger charge is -2.16. The van der Waals surface area contributed by atoms with Gasteiger partial charge in [-0.2, -0.15) is 4.31 Å². The molecule has 0 atom stereocenters. The summed E-state index contributed by atoms with van der Waals surface area (Å²) in [5.41, 5.74) is 6.57. The summed E-state index contributed by atoms with van der Waals surface area (Å²) in [5.74, 6) is -0.285. The van der Waals surface area contributed by atoms with Gasteiger partial charge in [0.2, 0.25) is 15.9 Å². The highest BCUT2D eigenvalue weighted by molar-refractivity contribution is 7.89. The molecule has 1 saturated heterocycles. The average Bonchev–Trinajstić information content (AvgIpc) is 3.46. The van der Waals surface area contributed by atoms with Crippen molar-refractivity contribution in [2.75, 3.05) is 13.1 Å². The number of hydrazine groups is 1. The van der Waals surface area contributed by atoms with E-state index in [-0.39, 0.29) is 22.8 Å². The molecule has 9 nitrogen and oxygen atoms in total. The molecule has 0 unspecified atom stereocenters. The predicted octanol–water partition coefficient (Wildman–Crippen LogP) is 1.74. The van der Waals surface area contributed by atoms with Crippen molar-refractivity contribution in [3.05, 3.63) is 59.9 Å². The number of carbonyl (C=O) groups excluding carboxylic acids is 2. The zero-order valence-electron chi connectivity index (χ0n) is 16.8. The van der Waals surface area contributed by atoms with E-state index in [0.717, 1.165) is 23.9 Å². The minimum absolute atomic E-state index is 0.0678. The molecule has 1 aliphatic heterocycles. The van der Waals surface area contributed by atoms with E-state index in [1.165, 1.54) is 28.6 Å². The number of amides is 2. The van der Waals surface area contributed by atoms with E-state index in [0.29, 0.717) is 25.3 Å². The lowest BCUT2D eigenvalue weighted by molar-refractivity contribution is -0.121. The van der Waals surface area contributed by atoms with Crippen molar-refractivity contribution in [1.29, 1.82) is 0 Å². The third-order valence-corrected chi connectivity index (χ3v) is 7.04. The molecule has 4 rings (SSSR count). The van der Waals surface area contributed by atoms with Crippen molar-refractivity contribution in [3.63, 3.8) is 0 Å². The van der Waals surface area contributed by atoms with Crippen molar-refractivity contribution in [2.24, 2.45) is 0 Å². The zero-order valence-corrected chi connectivity index (χ0v) is 17.6. The molecule has 162 valence electrons. The molecule has 0 aliphatic carbocycles. The van der Waals surface area contributed by atoms with E-state index in [4.69, 9.17) is 0 Å². The van der Waals surface area contributed by atoms with Crippen LogP contribution in [-0.4, -0.2) is 47.6 Å². The molecule has 2 aromatic carbocycles. The molecule has 2 heterocycles. The third-order valence-electron chi connectivity index (χ3n) is 5.14. The van der Waals surface area contributed by atoms with Gasteiger partial charge in [-0.1, -0.05) is 18.2 Å². The van der Waals surface area contributed by atoms with Gasteiger partial charge in [0.05, 0.1) is 15.9 Å². The van der Waals surface area contributed by atoms with Gasteiger partial charge in [-0.25, -0.2) is 13.4 Å². The van der Waals surface area contributed by atoms with Crippen LogP contribution in [0, 0.1) is 0 Å². The molecule has 0 saturated carbocycles. The Kier molecular flexibility index (Phi) is 6.01. The number of imidazole rings is 1. The summed E-state index contributed by atoms with van der Waals surface area (Å²) in [6.07, 6.45) is 2.18. The smallest absolute Gasteiger partial charge is 0.269 e. The summed E-state index contributed by atoms with van der Waals surface area (Å²) in [5, 5.41) is 0. The molecular weight excluding hydrogens is 418 g/mol. The van der Waals surface area contributed by atoms with Gasteiger partial charge in [0.1, 0.15) is 5.82 Å². The quantitative estimate of drug-likeness (QED) is 0.503. The summed E-state index contributed by atoms with van der Waals surface area (Å²) in [7, 11) is -3.62. The largest absolute Gasteiger partial charge is 0.342 e. The Labute approximate surface area is 179 Å². The molecular formula is C21H23N5O4S. The highest BCUT2D eigenvalue weighted by Gasteiger charge is 2.27. The number of benzene rings is 2. The SMILES string of the molecule is O=C(CCc1nc2ccccc2[nH]1)NNC(=O)c1cccc(S(=O)(=O)N2CCCC2)c1. The first-order valence-corrected chi connectivity index (χ1v) is 11.5. The maximum atomic E-state index is 12.7. The number of H-pyrrole nitrogens is 1. The van der Waals surface area contributed by atoms with E-state index in [9.17, 15) is 18.0 Å². The monoisotopic (exact) mass is 441 g/mol. The van der Waals surface area contributed by atoms with Crippen molar-refractivity contribution in [2.45, 2.75) is 30.6 Å². The van der Waals surface area contributed by atoms with E-state index in [1.54, 1.807) is 0 Å². The second kappa shape index (κ2) is 8.86. The summed E-state index contributed by atoms with van der Waals surface area (Å²) < 4.78 is 26.8. The number of hydrogen-bond donors (Lipinski definition) is 3. The van der Waals surface area contributed by atoms with Crippen LogP contribution in [0.2, 0.25) is 0 Å². The van der Waals surface area contributed by atoms with Gasteiger partial charge in [-0.3, -0.25) is 20.4 Å². The van der Waals surface area contributed by atoms with Gasteiger partial charge >= 0.3 is 0 Å². The zero-order chi connectivity index (χ0) is 21.8. The van der Waals surface area contributed by atoms with Crippen molar-refractivity contribution < 1.29 is 18.0 Å². The number of carbonyl (C=O) groups is 2. The Bertz CT molecular complexity index is 1180. The van der Waals surface area contributed by atoms with Crippen LogP contribution in [0.15, 0.2) is 53.4 Å². The Balaban J connectivity index is 1.32. The number of aromatic amines is 1. The molecule has 1 aromatic heterocycles. The maximum Gasteiger partial charge on any atom is 0.269 e. The fourth-order valence-corrected chi connectivity index (χ4v) is 5.06. The van der Waals surface area contributed by atoms with Gasteiger partial charge in [0.15, 0.2) is 0 Å². The maximum absolute atomic E-state index is 12.7. The lowest BCUT2D eigenvalue weighted by atomic mass is 10.2. The van der Waals surface area contributed by atoms with Crippen LogP contribution in [0.3, 0.4) is 0 Å². The van der Waals surface area contributed by atoms with E-state index in [2.05, 4.69) is 20.8 Å². The predicted molar refractivity (Wildman–Crippen MR) is 114 cm³/mol. The first-order valence-electron chi connectivity index (χ1n) is 10.1. The van der Waals surface area contributed by atoms with Crippen LogP contribution in [-0.2, 0) is 21.2 Å². The fraction of sp³-hybridized carbons (Fsp3) is 0.286. The Morgan fingerprint density at radius 2 is 1.81 bits per heavy atom. The van der Waals surface area contributed by atoms with Crippen LogP contribution in [0.4, 0.5) is 0 Å². The number of nitrogens with one attached hydrogen (secondary N) is 3. The molecule has 31 heavy (non-hydrogen) atoms. The van der Waals surface area contributed by atoms with Crippen molar-refractivity contribution in [1.82, 2.24) is 25.1 Å². The number of fused-ring (bicyclic) bond motifs is 1. The second-order valence-electron chi connectivity index (χ2n) is 7.34. The summed E-state index contributed by atoms with van der Waals surface area (Å²) in [6, 6.07) is 13.4. The number of rotatable bonds is 6.